The van der Waals surface area contributed by atoms with E-state index in [2.05, 4.69) is 10.3 Å². The number of carbonyl (C=O) groups excluding carboxylic acids is 1. The van der Waals surface area contributed by atoms with Crippen molar-refractivity contribution in [1.82, 2.24) is 9.29 Å². The Labute approximate surface area is 211 Å². The Morgan fingerprint density at radius 2 is 1.89 bits per heavy atom. The number of hydrogen-bond donors (Lipinski definition) is 1. The predicted octanol–water partition coefficient (Wildman–Crippen LogP) is 5.48. The summed E-state index contributed by atoms with van der Waals surface area (Å²) in [6, 6.07) is 13.7. The summed E-state index contributed by atoms with van der Waals surface area (Å²) in [5.41, 5.74) is 2.36. The van der Waals surface area contributed by atoms with Crippen LogP contribution in [0.15, 0.2) is 58.8 Å². The van der Waals surface area contributed by atoms with E-state index in [1.54, 1.807) is 41.7 Å². The average Bonchev–Trinajstić information content (AvgIpc) is 3.30. The summed E-state index contributed by atoms with van der Waals surface area (Å²) in [7, 11) is -3.86. The third-order valence-corrected chi connectivity index (χ3v) is 8.77. The van der Waals surface area contributed by atoms with Crippen LogP contribution in [0.1, 0.15) is 44.0 Å². The molecular formula is C26H31N3O4S2. The quantitative estimate of drug-likeness (QED) is 0.409. The summed E-state index contributed by atoms with van der Waals surface area (Å²) < 4.78 is 34.1. The second-order valence-electron chi connectivity index (χ2n) is 8.63. The summed E-state index contributed by atoms with van der Waals surface area (Å²) in [6.45, 7) is 4.09. The number of ether oxygens (including phenoxy) is 1. The number of aromatic nitrogens is 1. The van der Waals surface area contributed by atoms with Crippen LogP contribution in [0, 0.1) is 6.92 Å². The molecule has 1 fully saturated rings. The lowest BCUT2D eigenvalue weighted by molar-refractivity contribution is -0.116. The van der Waals surface area contributed by atoms with E-state index in [4.69, 9.17) is 4.74 Å². The van der Waals surface area contributed by atoms with Crippen LogP contribution in [0.4, 0.5) is 5.69 Å². The fraction of sp³-hybridized carbons (Fsp3) is 0.385. The van der Waals surface area contributed by atoms with E-state index in [1.165, 1.54) is 4.31 Å². The maximum absolute atomic E-state index is 13.6. The molecule has 7 nitrogen and oxygen atoms in total. The largest absolute Gasteiger partial charge is 0.494 e. The zero-order chi connectivity index (χ0) is 24.8. The molecule has 0 unspecified atom stereocenters. The van der Waals surface area contributed by atoms with Gasteiger partial charge in [0.15, 0.2) is 0 Å². The van der Waals surface area contributed by atoms with Crippen molar-refractivity contribution in [2.45, 2.75) is 56.9 Å². The lowest BCUT2D eigenvalue weighted by Gasteiger charge is -2.33. The van der Waals surface area contributed by atoms with Gasteiger partial charge >= 0.3 is 0 Å². The molecule has 0 bridgehead atoms. The van der Waals surface area contributed by atoms with Crippen LogP contribution in [-0.4, -0.2) is 42.8 Å². The molecule has 1 aliphatic rings. The van der Waals surface area contributed by atoms with Crippen LogP contribution in [0.5, 0.6) is 5.75 Å². The molecular weight excluding hydrogens is 482 g/mol. The number of carbonyl (C=O) groups is 1. The first-order chi connectivity index (χ1) is 16.9. The van der Waals surface area contributed by atoms with Crippen LogP contribution in [-0.2, 0) is 14.8 Å². The van der Waals surface area contributed by atoms with Gasteiger partial charge in [0.2, 0.25) is 15.9 Å². The van der Waals surface area contributed by atoms with Crippen molar-refractivity contribution in [2.24, 2.45) is 0 Å². The smallest absolute Gasteiger partial charge is 0.243 e. The Balaban J connectivity index is 1.54. The molecule has 3 aromatic rings. The standard InChI is InChI=1S/C26H31N3O4S2/c1-3-33-23-12-14-24(15-13-23)35(31,32)29(22-10-5-4-6-11-22)17-26(30)28-21-9-7-8-20(16-21)25-18-34-19(2)27-25/h7-9,12-16,18,22H,3-6,10-11,17H2,1-2H3,(H,28,30). The minimum absolute atomic E-state index is 0.167. The number of amides is 1. The second kappa shape index (κ2) is 11.3. The molecule has 0 aliphatic heterocycles. The Morgan fingerprint density at radius 3 is 2.54 bits per heavy atom. The van der Waals surface area contributed by atoms with E-state index in [-0.39, 0.29) is 23.4 Å². The Hall–Kier alpha value is -2.75. The molecule has 186 valence electrons. The molecule has 0 atom stereocenters. The molecule has 1 saturated carbocycles. The topological polar surface area (TPSA) is 88.6 Å². The number of sulfonamides is 1. The predicted molar refractivity (Wildman–Crippen MR) is 139 cm³/mol. The Morgan fingerprint density at radius 1 is 1.14 bits per heavy atom. The molecule has 4 rings (SSSR count). The molecule has 1 aromatic heterocycles. The first kappa shape index (κ1) is 25.3. The highest BCUT2D eigenvalue weighted by Gasteiger charge is 2.34. The van der Waals surface area contributed by atoms with Crippen molar-refractivity contribution in [3.8, 4) is 17.0 Å². The van der Waals surface area contributed by atoms with Gasteiger partial charge in [0.1, 0.15) is 5.75 Å². The first-order valence-electron chi connectivity index (χ1n) is 11.9. The van der Waals surface area contributed by atoms with Gasteiger partial charge in [-0.3, -0.25) is 4.79 Å². The van der Waals surface area contributed by atoms with Gasteiger partial charge in [0.05, 0.1) is 28.7 Å². The van der Waals surface area contributed by atoms with Crippen molar-refractivity contribution in [3.05, 3.63) is 58.9 Å². The number of nitrogens with one attached hydrogen (secondary N) is 1. The number of hydrogen-bond acceptors (Lipinski definition) is 6. The van der Waals surface area contributed by atoms with Crippen LogP contribution in [0.25, 0.3) is 11.3 Å². The zero-order valence-corrected chi connectivity index (χ0v) is 21.7. The van der Waals surface area contributed by atoms with Gasteiger partial charge in [0, 0.05) is 22.7 Å². The van der Waals surface area contributed by atoms with Gasteiger partial charge in [-0.25, -0.2) is 13.4 Å². The molecule has 1 aliphatic carbocycles. The number of nitrogens with zero attached hydrogens (tertiary/aromatic N) is 2. The minimum atomic E-state index is -3.86. The number of rotatable bonds is 9. The van der Waals surface area contributed by atoms with Crippen LogP contribution >= 0.6 is 11.3 Å². The van der Waals surface area contributed by atoms with Gasteiger partial charge in [-0.15, -0.1) is 11.3 Å². The highest BCUT2D eigenvalue weighted by molar-refractivity contribution is 7.89. The summed E-state index contributed by atoms with van der Waals surface area (Å²) in [5.74, 6) is 0.250. The SMILES string of the molecule is CCOc1ccc(S(=O)(=O)N(CC(=O)Nc2cccc(-c3csc(C)n3)c2)C2CCCCC2)cc1. The molecule has 0 spiro atoms. The van der Waals surface area contributed by atoms with Gasteiger partial charge in [-0.1, -0.05) is 31.4 Å². The van der Waals surface area contributed by atoms with E-state index < -0.39 is 10.0 Å². The molecule has 1 amide bonds. The number of aryl methyl sites for hydroxylation is 1. The lowest BCUT2D eigenvalue weighted by atomic mass is 9.95. The summed E-state index contributed by atoms with van der Waals surface area (Å²) >= 11 is 1.57. The van der Waals surface area contributed by atoms with Crippen LogP contribution in [0.2, 0.25) is 0 Å². The maximum Gasteiger partial charge on any atom is 0.243 e. The third kappa shape index (κ3) is 6.28. The van der Waals surface area contributed by atoms with Crippen LogP contribution in [0.3, 0.4) is 0 Å². The van der Waals surface area contributed by atoms with E-state index >= 15 is 0 Å². The first-order valence-corrected chi connectivity index (χ1v) is 14.3. The van der Waals surface area contributed by atoms with E-state index in [9.17, 15) is 13.2 Å². The average molecular weight is 514 g/mol. The van der Waals surface area contributed by atoms with E-state index in [0.29, 0.717) is 18.0 Å². The minimum Gasteiger partial charge on any atom is -0.494 e. The van der Waals surface area contributed by atoms with Crippen molar-refractivity contribution in [2.75, 3.05) is 18.5 Å². The number of benzene rings is 2. The van der Waals surface area contributed by atoms with Crippen molar-refractivity contribution in [3.63, 3.8) is 0 Å². The van der Waals surface area contributed by atoms with Gasteiger partial charge in [-0.2, -0.15) is 4.31 Å². The van der Waals surface area contributed by atoms with Gasteiger partial charge in [0.25, 0.3) is 0 Å². The molecule has 0 radical (unpaired) electrons. The Kier molecular flexibility index (Phi) is 8.20. The van der Waals surface area contributed by atoms with Crippen molar-refractivity contribution < 1.29 is 17.9 Å². The van der Waals surface area contributed by atoms with Crippen LogP contribution < -0.4 is 10.1 Å². The molecule has 1 N–H and O–H groups in total. The molecule has 9 heteroatoms. The molecule has 35 heavy (non-hydrogen) atoms. The zero-order valence-electron chi connectivity index (χ0n) is 20.1. The van der Waals surface area contributed by atoms with Gasteiger partial charge in [-0.05, 0) is 63.1 Å². The second-order valence-corrected chi connectivity index (χ2v) is 11.6. The highest BCUT2D eigenvalue weighted by atomic mass is 32.2. The molecule has 2 aromatic carbocycles. The molecule has 1 heterocycles. The highest BCUT2D eigenvalue weighted by Crippen LogP contribution is 2.29. The van der Waals surface area contributed by atoms with Crippen molar-refractivity contribution in [1.29, 1.82) is 0 Å². The van der Waals surface area contributed by atoms with E-state index in [1.807, 2.05) is 37.4 Å². The number of thiazole rings is 1. The fourth-order valence-electron chi connectivity index (χ4n) is 4.38. The monoisotopic (exact) mass is 513 g/mol. The van der Waals surface area contributed by atoms with Crippen molar-refractivity contribution >= 4 is 33.0 Å². The number of anilines is 1. The third-order valence-electron chi connectivity index (χ3n) is 6.08. The maximum atomic E-state index is 13.6. The summed E-state index contributed by atoms with van der Waals surface area (Å²) in [4.78, 5) is 17.8. The normalized spacial score (nSPS) is 14.7. The molecule has 0 saturated heterocycles. The fourth-order valence-corrected chi connectivity index (χ4v) is 6.65. The van der Waals surface area contributed by atoms with Gasteiger partial charge < -0.3 is 10.1 Å². The Bertz CT molecular complexity index is 1250. The summed E-state index contributed by atoms with van der Waals surface area (Å²) in [5, 5.41) is 5.83. The lowest BCUT2D eigenvalue weighted by Crippen LogP contribution is -2.45. The summed E-state index contributed by atoms with van der Waals surface area (Å²) in [6.07, 6.45) is 4.50. The van der Waals surface area contributed by atoms with E-state index in [0.717, 1.165) is 48.4 Å².